The van der Waals surface area contributed by atoms with Crippen molar-refractivity contribution in [3.63, 3.8) is 0 Å². The average Bonchev–Trinajstić information content (AvgIpc) is 2.26. The van der Waals surface area contributed by atoms with Crippen molar-refractivity contribution >= 4 is 5.97 Å². The van der Waals surface area contributed by atoms with Gasteiger partial charge in [-0.1, -0.05) is 30.3 Å². The Balaban J connectivity index is 2.36. The molecule has 17 heavy (non-hydrogen) atoms. The van der Waals surface area contributed by atoms with Crippen molar-refractivity contribution in [3.8, 4) is 0 Å². The fourth-order valence-corrected chi connectivity index (χ4v) is 1.21. The van der Waals surface area contributed by atoms with E-state index in [0.717, 1.165) is 5.56 Å². The van der Waals surface area contributed by atoms with E-state index in [2.05, 4.69) is 20.8 Å². The highest BCUT2D eigenvalue weighted by molar-refractivity contribution is 5.71. The van der Waals surface area contributed by atoms with E-state index in [1.54, 1.807) is 0 Å². The highest BCUT2D eigenvalue weighted by atomic mass is 16.5. The lowest BCUT2D eigenvalue weighted by Crippen LogP contribution is -2.41. The van der Waals surface area contributed by atoms with Crippen LogP contribution < -0.4 is 0 Å². The first kappa shape index (κ1) is 13.7. The first-order valence-corrected chi connectivity index (χ1v) is 5.80. The van der Waals surface area contributed by atoms with E-state index in [-0.39, 0.29) is 11.5 Å². The summed E-state index contributed by atoms with van der Waals surface area (Å²) in [6, 6.07) is 9.70. The molecule has 0 atom stereocenters. The highest BCUT2D eigenvalue weighted by Gasteiger charge is 2.19. The van der Waals surface area contributed by atoms with Gasteiger partial charge in [0, 0.05) is 5.54 Å². The van der Waals surface area contributed by atoms with Crippen LogP contribution >= 0.6 is 0 Å². The third-order valence-corrected chi connectivity index (χ3v) is 2.75. The number of carbonyl (C=O) groups excluding carboxylic acids is 1. The Morgan fingerprint density at radius 1 is 1.24 bits per heavy atom. The van der Waals surface area contributed by atoms with Crippen molar-refractivity contribution in [1.82, 2.24) is 4.90 Å². The van der Waals surface area contributed by atoms with E-state index in [4.69, 9.17) is 4.74 Å². The van der Waals surface area contributed by atoms with E-state index in [1.165, 1.54) is 0 Å². The minimum absolute atomic E-state index is 0.0221. The molecule has 3 nitrogen and oxygen atoms in total. The van der Waals surface area contributed by atoms with Crippen molar-refractivity contribution < 1.29 is 9.53 Å². The predicted molar refractivity (Wildman–Crippen MR) is 68.6 cm³/mol. The molecule has 1 aromatic carbocycles. The van der Waals surface area contributed by atoms with Gasteiger partial charge in [-0.05, 0) is 33.4 Å². The van der Waals surface area contributed by atoms with Crippen molar-refractivity contribution in [1.29, 1.82) is 0 Å². The Kier molecular flexibility index (Phi) is 4.70. The second kappa shape index (κ2) is 5.82. The Morgan fingerprint density at radius 3 is 2.35 bits per heavy atom. The molecule has 1 aromatic rings. The number of rotatable bonds is 4. The number of benzene rings is 1. The molecule has 0 aliphatic carbocycles. The van der Waals surface area contributed by atoms with E-state index >= 15 is 0 Å². The van der Waals surface area contributed by atoms with Gasteiger partial charge in [-0.25, -0.2) is 0 Å². The molecule has 0 aliphatic heterocycles. The number of hydrogen-bond donors (Lipinski definition) is 0. The highest BCUT2D eigenvalue weighted by Crippen LogP contribution is 2.10. The van der Waals surface area contributed by atoms with Crippen LogP contribution in [0.3, 0.4) is 0 Å². The summed E-state index contributed by atoms with van der Waals surface area (Å²) >= 11 is 0. The summed E-state index contributed by atoms with van der Waals surface area (Å²) in [5.41, 5.74) is 0.991. The lowest BCUT2D eigenvalue weighted by atomic mass is 10.1. The molecule has 0 amide bonds. The van der Waals surface area contributed by atoms with E-state index in [0.29, 0.717) is 13.2 Å². The molecule has 0 saturated carbocycles. The second-order valence-electron chi connectivity index (χ2n) is 5.17. The Bertz CT molecular complexity index is 354. The van der Waals surface area contributed by atoms with E-state index in [9.17, 15) is 4.79 Å². The maximum atomic E-state index is 11.6. The third kappa shape index (κ3) is 5.00. The van der Waals surface area contributed by atoms with Crippen LogP contribution in [0.1, 0.15) is 26.3 Å². The molecule has 0 spiro atoms. The number of esters is 1. The van der Waals surface area contributed by atoms with Crippen LogP contribution in [0.2, 0.25) is 0 Å². The molecule has 94 valence electrons. The molecule has 0 N–H and O–H groups in total. The zero-order chi connectivity index (χ0) is 12.9. The predicted octanol–water partition coefficient (Wildman–Crippen LogP) is 2.46. The summed E-state index contributed by atoms with van der Waals surface area (Å²) in [6.07, 6.45) is 0. The molecular formula is C14H21NO2. The van der Waals surface area contributed by atoms with E-state index < -0.39 is 0 Å². The normalized spacial score (nSPS) is 11.6. The van der Waals surface area contributed by atoms with Gasteiger partial charge in [-0.3, -0.25) is 9.69 Å². The van der Waals surface area contributed by atoms with Crippen LogP contribution in [0.25, 0.3) is 0 Å². The molecule has 1 rings (SSSR count). The monoisotopic (exact) mass is 235 g/mol. The first-order chi connectivity index (χ1) is 7.89. The van der Waals surface area contributed by atoms with Crippen LogP contribution in [0.15, 0.2) is 30.3 Å². The molecule has 0 aliphatic rings. The average molecular weight is 235 g/mol. The largest absolute Gasteiger partial charge is 0.460 e. The van der Waals surface area contributed by atoms with Gasteiger partial charge >= 0.3 is 5.97 Å². The molecular weight excluding hydrogens is 214 g/mol. The fraction of sp³-hybridized carbons (Fsp3) is 0.500. The van der Waals surface area contributed by atoms with Gasteiger partial charge in [0.1, 0.15) is 6.61 Å². The molecule has 0 fully saturated rings. The van der Waals surface area contributed by atoms with Crippen LogP contribution in [0, 0.1) is 0 Å². The molecule has 0 aromatic heterocycles. The molecule has 0 bridgehead atoms. The summed E-state index contributed by atoms with van der Waals surface area (Å²) in [4.78, 5) is 13.6. The fourth-order valence-electron chi connectivity index (χ4n) is 1.21. The van der Waals surface area contributed by atoms with Gasteiger partial charge < -0.3 is 4.74 Å². The smallest absolute Gasteiger partial charge is 0.320 e. The van der Waals surface area contributed by atoms with Gasteiger partial charge in [-0.2, -0.15) is 0 Å². The number of carbonyl (C=O) groups is 1. The zero-order valence-corrected chi connectivity index (χ0v) is 11.1. The summed E-state index contributed by atoms with van der Waals surface area (Å²) in [6.45, 7) is 6.86. The maximum absolute atomic E-state index is 11.6. The summed E-state index contributed by atoms with van der Waals surface area (Å²) < 4.78 is 5.21. The van der Waals surface area contributed by atoms with Gasteiger partial charge in [0.25, 0.3) is 0 Å². The molecule has 0 radical (unpaired) electrons. The Hall–Kier alpha value is -1.35. The van der Waals surface area contributed by atoms with Crippen molar-refractivity contribution in [2.24, 2.45) is 0 Å². The molecule has 0 unspecified atom stereocenters. The lowest BCUT2D eigenvalue weighted by molar-refractivity contribution is -0.147. The van der Waals surface area contributed by atoms with Crippen molar-refractivity contribution in [2.75, 3.05) is 13.6 Å². The summed E-state index contributed by atoms with van der Waals surface area (Å²) in [7, 11) is 1.92. The SMILES string of the molecule is CN(CC(=O)OCc1ccccc1)C(C)(C)C. The Labute approximate surface area is 103 Å². The summed E-state index contributed by atoms with van der Waals surface area (Å²) in [5.74, 6) is -0.189. The van der Waals surface area contributed by atoms with E-state index in [1.807, 2.05) is 42.3 Å². The van der Waals surface area contributed by atoms with Gasteiger partial charge in [0.15, 0.2) is 0 Å². The molecule has 0 saturated heterocycles. The van der Waals surface area contributed by atoms with Crippen LogP contribution in [-0.4, -0.2) is 30.0 Å². The van der Waals surface area contributed by atoms with Crippen LogP contribution in [0.4, 0.5) is 0 Å². The van der Waals surface area contributed by atoms with Gasteiger partial charge in [-0.15, -0.1) is 0 Å². The number of ether oxygens (including phenoxy) is 1. The quantitative estimate of drug-likeness (QED) is 0.751. The third-order valence-electron chi connectivity index (χ3n) is 2.75. The number of likely N-dealkylation sites (N-methyl/N-ethyl adjacent to an activating group) is 1. The second-order valence-corrected chi connectivity index (χ2v) is 5.17. The maximum Gasteiger partial charge on any atom is 0.320 e. The van der Waals surface area contributed by atoms with Gasteiger partial charge in [0.2, 0.25) is 0 Å². The standard InChI is InChI=1S/C14H21NO2/c1-14(2,3)15(4)10-13(16)17-11-12-8-6-5-7-9-12/h5-9H,10-11H2,1-4H3. The van der Waals surface area contributed by atoms with Gasteiger partial charge in [0.05, 0.1) is 6.54 Å². The van der Waals surface area contributed by atoms with Crippen LogP contribution in [0.5, 0.6) is 0 Å². The Morgan fingerprint density at radius 2 is 1.82 bits per heavy atom. The first-order valence-electron chi connectivity index (χ1n) is 5.80. The molecule has 0 heterocycles. The molecule has 3 heteroatoms. The van der Waals surface area contributed by atoms with Crippen LogP contribution in [-0.2, 0) is 16.1 Å². The topological polar surface area (TPSA) is 29.5 Å². The lowest BCUT2D eigenvalue weighted by Gasteiger charge is -2.30. The van der Waals surface area contributed by atoms with Crippen molar-refractivity contribution in [3.05, 3.63) is 35.9 Å². The number of hydrogen-bond acceptors (Lipinski definition) is 3. The minimum Gasteiger partial charge on any atom is -0.460 e. The summed E-state index contributed by atoms with van der Waals surface area (Å²) in [5, 5.41) is 0. The zero-order valence-electron chi connectivity index (χ0n) is 11.1. The van der Waals surface area contributed by atoms with Crippen molar-refractivity contribution in [2.45, 2.75) is 32.9 Å². The minimum atomic E-state index is -0.189. The number of nitrogens with zero attached hydrogens (tertiary/aromatic N) is 1.